The molecule has 10 heteroatoms. The molecule has 0 radical (unpaired) electrons. The number of halogens is 3. The van der Waals surface area contributed by atoms with Crippen LogP contribution in [0.25, 0.3) is 0 Å². The Morgan fingerprint density at radius 3 is 1.64 bits per heavy atom. The van der Waals surface area contributed by atoms with E-state index < -0.39 is 34.4 Å². The van der Waals surface area contributed by atoms with E-state index in [1.54, 1.807) is 35.1 Å². The van der Waals surface area contributed by atoms with E-state index in [0.717, 1.165) is 76.0 Å². The van der Waals surface area contributed by atoms with Crippen LogP contribution in [-0.2, 0) is 25.8 Å². The van der Waals surface area contributed by atoms with E-state index in [1.165, 1.54) is 0 Å². The zero-order valence-electron chi connectivity index (χ0n) is 22.3. The first-order chi connectivity index (χ1) is 16.9. The van der Waals surface area contributed by atoms with E-state index in [0.29, 0.717) is 5.56 Å². The van der Waals surface area contributed by atoms with Crippen molar-refractivity contribution in [1.29, 1.82) is 0 Å². The van der Waals surface area contributed by atoms with Crippen molar-refractivity contribution in [3.8, 4) is 0 Å². The van der Waals surface area contributed by atoms with Crippen LogP contribution < -0.4 is 4.72 Å². The fraction of sp³-hybridized carbons (Fsp3) is 0.731. The van der Waals surface area contributed by atoms with Gasteiger partial charge in [0.15, 0.2) is 0 Å². The molecule has 1 aromatic carbocycles. The van der Waals surface area contributed by atoms with Crippen LogP contribution in [0.5, 0.6) is 0 Å². The van der Waals surface area contributed by atoms with Gasteiger partial charge in [0.05, 0.1) is 0 Å². The summed E-state index contributed by atoms with van der Waals surface area (Å²) in [7, 11) is -5.74. The molecule has 210 valence electrons. The molecule has 36 heavy (non-hydrogen) atoms. The Labute approximate surface area is 216 Å². The van der Waals surface area contributed by atoms with Gasteiger partial charge in [0.1, 0.15) is 0 Å². The van der Waals surface area contributed by atoms with E-state index in [4.69, 9.17) is 4.52 Å². The number of alkyl halides is 3. The molecule has 0 heterocycles. The Bertz CT molecular complexity index is 851. The number of benzene rings is 1. The molecule has 1 N–H and O–H groups in total. The fourth-order valence-corrected chi connectivity index (χ4v) is 12.2. The van der Waals surface area contributed by atoms with Crippen LogP contribution in [0.2, 0.25) is 0 Å². The number of rotatable bonds is 18. The molecule has 0 spiro atoms. The maximum atomic E-state index is 13.7. The Hall–Kier alpha value is -1.18. The minimum atomic E-state index is -5.74. The topological polar surface area (TPSA) is 72.5 Å². The predicted octanol–water partition coefficient (Wildman–Crippen LogP) is 7.25. The van der Waals surface area contributed by atoms with Crippen LogP contribution in [0.3, 0.4) is 0 Å². The van der Waals surface area contributed by atoms with E-state index in [9.17, 15) is 26.4 Å². The summed E-state index contributed by atoms with van der Waals surface area (Å²) in [6.45, 7) is 5.12. The van der Waals surface area contributed by atoms with Gasteiger partial charge in [0.25, 0.3) is 0 Å². The maximum absolute atomic E-state index is 13.7. The summed E-state index contributed by atoms with van der Waals surface area (Å²) in [4.78, 5) is 13.7. The number of unbranched alkanes of at least 4 members (excludes halogenated alkanes) is 4. The van der Waals surface area contributed by atoms with Gasteiger partial charge in [-0.3, -0.25) is 0 Å². The van der Waals surface area contributed by atoms with Crippen LogP contribution in [0.4, 0.5) is 13.2 Å². The first kappa shape index (κ1) is 32.8. The van der Waals surface area contributed by atoms with Crippen molar-refractivity contribution in [2.24, 2.45) is 0 Å². The minimum absolute atomic E-state index is 0.218. The average molecular weight is 556 g/mol. The van der Waals surface area contributed by atoms with E-state index >= 15 is 0 Å². The molecular formula is C26H45F3NO4PS. The van der Waals surface area contributed by atoms with Gasteiger partial charge in [-0.25, -0.2) is 0 Å². The van der Waals surface area contributed by atoms with Crippen LogP contribution in [0.1, 0.15) is 84.6 Å². The Balaban J connectivity index is 3.55. The quantitative estimate of drug-likeness (QED) is 0.194. The molecule has 0 saturated heterocycles. The van der Waals surface area contributed by atoms with Crippen molar-refractivity contribution in [2.45, 2.75) is 97.0 Å². The van der Waals surface area contributed by atoms with Gasteiger partial charge >= 0.3 is 216 Å². The second kappa shape index (κ2) is 14.7. The normalized spacial score (nSPS) is 14.7. The van der Waals surface area contributed by atoms with Crippen molar-refractivity contribution >= 4 is 22.8 Å². The van der Waals surface area contributed by atoms with Gasteiger partial charge in [-0.15, -0.1) is 0 Å². The standard InChI is InChI=1S/C26H45F3NO4PS/c1-5-9-18-35(19-10-6-2,20-11-7-3,21-12-8-4)34-25(31)24(22-23-16-14-13-15-17-23)30-36(32,33)26(27,28)29/h13-17,24,30H,5-12,18-22H2,1-4H3/t24-/m0/s1. The molecule has 0 fully saturated rings. The summed E-state index contributed by atoms with van der Waals surface area (Å²) in [5.74, 6) is -0.885. The Morgan fingerprint density at radius 1 is 0.861 bits per heavy atom. The molecular weight excluding hydrogens is 510 g/mol. The van der Waals surface area contributed by atoms with Crippen LogP contribution >= 0.6 is 6.83 Å². The van der Waals surface area contributed by atoms with E-state index in [2.05, 4.69) is 27.7 Å². The second-order valence-electron chi connectivity index (χ2n) is 9.89. The van der Waals surface area contributed by atoms with Gasteiger partial charge < -0.3 is 0 Å². The van der Waals surface area contributed by atoms with Gasteiger partial charge in [0.2, 0.25) is 0 Å². The van der Waals surface area contributed by atoms with Gasteiger partial charge in [-0.05, 0) is 0 Å². The summed E-state index contributed by atoms with van der Waals surface area (Å²) >= 11 is 0. The molecule has 0 saturated carbocycles. The van der Waals surface area contributed by atoms with Crippen molar-refractivity contribution in [1.82, 2.24) is 4.72 Å². The summed E-state index contributed by atoms with van der Waals surface area (Å²) < 4.78 is 72.1. The monoisotopic (exact) mass is 555 g/mol. The fourth-order valence-electron chi connectivity index (χ4n) is 4.68. The van der Waals surface area contributed by atoms with Crippen molar-refractivity contribution < 1.29 is 30.9 Å². The molecule has 1 atom stereocenters. The first-order valence-corrected chi connectivity index (χ1v) is 17.6. The molecule has 0 aliphatic heterocycles. The van der Waals surface area contributed by atoms with Crippen LogP contribution in [-0.4, -0.2) is 50.6 Å². The summed E-state index contributed by atoms with van der Waals surface area (Å²) in [5.41, 5.74) is -4.98. The molecule has 5 nitrogen and oxygen atoms in total. The van der Waals surface area contributed by atoms with Crippen molar-refractivity contribution in [2.75, 3.05) is 24.6 Å². The number of hydrogen-bond acceptors (Lipinski definition) is 4. The summed E-state index contributed by atoms with van der Waals surface area (Å²) in [6, 6.07) is 6.79. The average Bonchev–Trinajstić information content (AvgIpc) is 2.83. The van der Waals surface area contributed by atoms with Gasteiger partial charge in [-0.1, -0.05) is 0 Å². The first-order valence-electron chi connectivity index (χ1n) is 13.2. The number of carbonyl (C=O) groups excluding carboxylic acids is 1. The van der Waals surface area contributed by atoms with Crippen molar-refractivity contribution in [3.63, 3.8) is 0 Å². The van der Waals surface area contributed by atoms with E-state index in [-0.39, 0.29) is 6.42 Å². The predicted molar refractivity (Wildman–Crippen MR) is 144 cm³/mol. The Morgan fingerprint density at radius 2 is 1.28 bits per heavy atom. The van der Waals surface area contributed by atoms with Crippen molar-refractivity contribution in [3.05, 3.63) is 35.9 Å². The number of carbonyl (C=O) groups is 1. The third kappa shape index (κ3) is 9.60. The SMILES string of the molecule is CCCCP(CCCC)(CCCC)(CCCC)OC(=O)[C@H](Cc1ccccc1)NS(=O)(=O)C(F)(F)F. The zero-order chi connectivity index (χ0) is 27.3. The molecule has 0 amide bonds. The number of hydrogen-bond donors (Lipinski definition) is 1. The third-order valence-electron chi connectivity index (χ3n) is 6.83. The van der Waals surface area contributed by atoms with Gasteiger partial charge in [0, 0.05) is 0 Å². The second-order valence-corrected chi connectivity index (χ2v) is 17.3. The van der Waals surface area contributed by atoms with Gasteiger partial charge in [-0.2, -0.15) is 0 Å². The van der Waals surface area contributed by atoms with E-state index in [1.807, 2.05) is 0 Å². The zero-order valence-corrected chi connectivity index (χ0v) is 24.0. The number of sulfonamides is 1. The molecule has 0 aliphatic rings. The molecule has 0 aromatic heterocycles. The Kier molecular flexibility index (Phi) is 13.4. The summed E-state index contributed by atoms with van der Waals surface area (Å²) in [6.07, 6.45) is 9.81. The molecule has 0 unspecified atom stereocenters. The van der Waals surface area contributed by atoms with Crippen LogP contribution in [0.15, 0.2) is 30.3 Å². The molecule has 0 bridgehead atoms. The summed E-state index contributed by atoms with van der Waals surface area (Å²) in [5, 5.41) is 0. The number of nitrogens with one attached hydrogen (secondary N) is 1. The molecule has 1 rings (SSSR count). The molecule has 0 aliphatic carbocycles. The van der Waals surface area contributed by atoms with Crippen LogP contribution in [0, 0.1) is 0 Å². The molecule has 1 aromatic rings. The third-order valence-corrected chi connectivity index (χ3v) is 14.5.